The van der Waals surface area contributed by atoms with Gasteiger partial charge in [0, 0.05) is 30.5 Å². The van der Waals surface area contributed by atoms with E-state index in [1.54, 1.807) is 17.0 Å². The normalized spacial score (nSPS) is 21.5. The molecule has 1 aliphatic rings. The number of hydrogen-bond acceptors (Lipinski definition) is 2. The summed E-state index contributed by atoms with van der Waals surface area (Å²) < 4.78 is 0. The van der Waals surface area contributed by atoms with E-state index < -0.39 is 11.9 Å². The van der Waals surface area contributed by atoms with Crippen molar-refractivity contribution in [3.63, 3.8) is 0 Å². The van der Waals surface area contributed by atoms with Crippen LogP contribution in [0.25, 0.3) is 0 Å². The molecule has 0 spiro atoms. The fourth-order valence-electron chi connectivity index (χ4n) is 2.79. The molecule has 1 aromatic carbocycles. The van der Waals surface area contributed by atoms with Crippen LogP contribution in [0.1, 0.15) is 37.7 Å². The summed E-state index contributed by atoms with van der Waals surface area (Å²) in [6.45, 7) is 2.81. The quantitative estimate of drug-likeness (QED) is 0.909. The van der Waals surface area contributed by atoms with Crippen molar-refractivity contribution in [3.05, 3.63) is 34.9 Å². The van der Waals surface area contributed by atoms with Gasteiger partial charge in [-0.1, -0.05) is 37.1 Å². The molecule has 5 heteroatoms. The molecule has 0 unspecified atom stereocenters. The van der Waals surface area contributed by atoms with Crippen molar-refractivity contribution in [1.29, 1.82) is 0 Å². The van der Waals surface area contributed by atoms with E-state index >= 15 is 0 Å². The Bertz CT molecular complexity index is 515. The highest BCUT2D eigenvalue weighted by molar-refractivity contribution is 6.30. The molecule has 2 rings (SSSR count). The van der Waals surface area contributed by atoms with Gasteiger partial charge in [0.2, 0.25) is 5.91 Å². The molecule has 114 valence electrons. The third-order valence-electron chi connectivity index (χ3n) is 4.03. The maximum absolute atomic E-state index is 12.1. The van der Waals surface area contributed by atoms with Crippen molar-refractivity contribution in [2.24, 2.45) is 5.92 Å². The summed E-state index contributed by atoms with van der Waals surface area (Å²) in [7, 11) is 0. The summed E-state index contributed by atoms with van der Waals surface area (Å²) in [4.78, 5) is 25.3. The minimum absolute atomic E-state index is 0.0552. The maximum Gasteiger partial charge on any atom is 0.308 e. The zero-order valence-electron chi connectivity index (χ0n) is 12.1. The van der Waals surface area contributed by atoms with Crippen LogP contribution in [0, 0.1) is 5.92 Å². The predicted octanol–water partition coefficient (Wildman–Crippen LogP) is 3.16. The molecule has 21 heavy (non-hydrogen) atoms. The Kier molecular flexibility index (Phi) is 5.23. The van der Waals surface area contributed by atoms with Gasteiger partial charge in [0.1, 0.15) is 0 Å². The number of unbranched alkanes of at least 4 members (excludes halogenated alkanes) is 1. The summed E-state index contributed by atoms with van der Waals surface area (Å²) in [5.41, 5.74) is 0.928. The van der Waals surface area contributed by atoms with Gasteiger partial charge in [-0.2, -0.15) is 0 Å². The Balaban J connectivity index is 2.14. The first-order valence-electron chi connectivity index (χ1n) is 7.29. The number of carbonyl (C=O) groups is 2. The van der Waals surface area contributed by atoms with Crippen LogP contribution in [0.5, 0.6) is 0 Å². The number of rotatable bonds is 5. The zero-order valence-corrected chi connectivity index (χ0v) is 12.8. The third-order valence-corrected chi connectivity index (χ3v) is 4.28. The predicted molar refractivity (Wildman–Crippen MR) is 81.4 cm³/mol. The Morgan fingerprint density at radius 1 is 1.29 bits per heavy atom. The Morgan fingerprint density at radius 2 is 1.95 bits per heavy atom. The second-order valence-electron chi connectivity index (χ2n) is 5.51. The van der Waals surface area contributed by atoms with Gasteiger partial charge in [0.25, 0.3) is 0 Å². The molecule has 0 saturated carbocycles. The first kappa shape index (κ1) is 15.8. The highest BCUT2D eigenvalue weighted by atomic mass is 35.5. The number of hydrogen-bond donors (Lipinski definition) is 1. The van der Waals surface area contributed by atoms with Crippen LogP contribution in [0.3, 0.4) is 0 Å². The smallest absolute Gasteiger partial charge is 0.308 e. The molecule has 1 amide bonds. The fourth-order valence-corrected chi connectivity index (χ4v) is 2.92. The molecule has 0 radical (unpaired) electrons. The van der Waals surface area contributed by atoms with Crippen molar-refractivity contribution in [3.8, 4) is 0 Å². The first-order chi connectivity index (χ1) is 10.0. The SMILES string of the molecule is CCCCC(=O)N1C[C@@H](C(=O)O)[C@H](c2ccc(Cl)cc2)C1. The van der Waals surface area contributed by atoms with Crippen LogP contribution in [0.2, 0.25) is 5.02 Å². The van der Waals surface area contributed by atoms with E-state index in [1.807, 2.05) is 19.1 Å². The summed E-state index contributed by atoms with van der Waals surface area (Å²) in [5.74, 6) is -1.50. The zero-order chi connectivity index (χ0) is 15.4. The Hall–Kier alpha value is -1.55. The van der Waals surface area contributed by atoms with Gasteiger partial charge in [-0.05, 0) is 24.1 Å². The number of halogens is 1. The van der Waals surface area contributed by atoms with E-state index in [1.165, 1.54) is 0 Å². The van der Waals surface area contributed by atoms with Crippen molar-refractivity contribution < 1.29 is 14.7 Å². The largest absolute Gasteiger partial charge is 0.481 e. The number of amides is 1. The summed E-state index contributed by atoms with van der Waals surface area (Å²) in [6, 6.07) is 7.22. The van der Waals surface area contributed by atoms with E-state index in [0.29, 0.717) is 24.5 Å². The van der Waals surface area contributed by atoms with E-state index in [4.69, 9.17) is 11.6 Å². The molecule has 0 aromatic heterocycles. The van der Waals surface area contributed by atoms with E-state index in [9.17, 15) is 14.7 Å². The van der Waals surface area contributed by atoms with Gasteiger partial charge in [-0.3, -0.25) is 9.59 Å². The van der Waals surface area contributed by atoms with Gasteiger partial charge in [0.15, 0.2) is 0 Å². The minimum atomic E-state index is -0.847. The lowest BCUT2D eigenvalue weighted by molar-refractivity contribution is -0.141. The van der Waals surface area contributed by atoms with Gasteiger partial charge in [0.05, 0.1) is 5.92 Å². The fraction of sp³-hybridized carbons (Fsp3) is 0.500. The molecule has 0 bridgehead atoms. The lowest BCUT2D eigenvalue weighted by atomic mass is 9.89. The Labute approximate surface area is 129 Å². The molecule has 4 nitrogen and oxygen atoms in total. The van der Waals surface area contributed by atoms with Crippen LogP contribution in [0.4, 0.5) is 0 Å². The second-order valence-corrected chi connectivity index (χ2v) is 5.94. The Morgan fingerprint density at radius 3 is 2.52 bits per heavy atom. The minimum Gasteiger partial charge on any atom is -0.481 e. The molecule has 1 N–H and O–H groups in total. The highest BCUT2D eigenvalue weighted by Crippen LogP contribution is 2.33. The molecule has 0 aliphatic carbocycles. The molecular formula is C16H20ClNO3. The standard InChI is InChI=1S/C16H20ClNO3/c1-2-3-4-15(19)18-9-13(14(10-18)16(20)21)11-5-7-12(17)8-6-11/h5-8,13-14H,2-4,9-10H2,1H3,(H,20,21)/t13-,14+/m0/s1. The van der Waals surface area contributed by atoms with Crippen LogP contribution < -0.4 is 0 Å². The van der Waals surface area contributed by atoms with Gasteiger partial charge >= 0.3 is 5.97 Å². The highest BCUT2D eigenvalue weighted by Gasteiger charge is 2.40. The summed E-state index contributed by atoms with van der Waals surface area (Å²) >= 11 is 5.87. The van der Waals surface area contributed by atoms with E-state index in [-0.39, 0.29) is 11.8 Å². The van der Waals surface area contributed by atoms with Crippen molar-refractivity contribution in [2.75, 3.05) is 13.1 Å². The van der Waals surface area contributed by atoms with Crippen LogP contribution in [0.15, 0.2) is 24.3 Å². The monoisotopic (exact) mass is 309 g/mol. The maximum atomic E-state index is 12.1. The molecule has 1 heterocycles. The number of benzene rings is 1. The van der Waals surface area contributed by atoms with Crippen molar-refractivity contribution in [1.82, 2.24) is 4.90 Å². The van der Waals surface area contributed by atoms with E-state index in [2.05, 4.69) is 0 Å². The average molecular weight is 310 g/mol. The number of aliphatic carboxylic acids is 1. The second kappa shape index (κ2) is 6.94. The molecule has 1 fully saturated rings. The van der Waals surface area contributed by atoms with Gasteiger partial charge in [-0.15, -0.1) is 0 Å². The van der Waals surface area contributed by atoms with Crippen LogP contribution in [-0.4, -0.2) is 35.0 Å². The molecular weight excluding hydrogens is 290 g/mol. The molecule has 1 aromatic rings. The molecule has 2 atom stereocenters. The number of carbonyl (C=O) groups excluding carboxylic acids is 1. The van der Waals surface area contributed by atoms with Crippen molar-refractivity contribution in [2.45, 2.75) is 32.1 Å². The van der Waals surface area contributed by atoms with Gasteiger partial charge in [-0.25, -0.2) is 0 Å². The molecule has 1 aliphatic heterocycles. The lowest BCUT2D eigenvalue weighted by Gasteiger charge is -2.16. The lowest BCUT2D eigenvalue weighted by Crippen LogP contribution is -2.29. The van der Waals surface area contributed by atoms with Crippen molar-refractivity contribution >= 4 is 23.5 Å². The summed E-state index contributed by atoms with van der Waals surface area (Å²) in [6.07, 6.45) is 2.30. The first-order valence-corrected chi connectivity index (χ1v) is 7.66. The number of nitrogens with zero attached hydrogens (tertiary/aromatic N) is 1. The third kappa shape index (κ3) is 3.76. The molecule has 1 saturated heterocycles. The number of carboxylic acids is 1. The average Bonchev–Trinajstić information content (AvgIpc) is 2.91. The number of likely N-dealkylation sites (tertiary alicyclic amines) is 1. The van der Waals surface area contributed by atoms with Crippen LogP contribution in [-0.2, 0) is 9.59 Å². The topological polar surface area (TPSA) is 57.6 Å². The summed E-state index contributed by atoms with van der Waals surface area (Å²) in [5, 5.41) is 10.0. The van der Waals surface area contributed by atoms with E-state index in [0.717, 1.165) is 18.4 Å². The van der Waals surface area contributed by atoms with Gasteiger partial charge < -0.3 is 10.0 Å². The number of carboxylic acid groups (broad SMARTS) is 1. The van der Waals surface area contributed by atoms with Crippen LogP contribution >= 0.6 is 11.6 Å².